The Hall–Kier alpha value is -2.55. The summed E-state index contributed by atoms with van der Waals surface area (Å²) >= 11 is 0. The maximum atomic E-state index is 10.8. The fourth-order valence-corrected chi connectivity index (χ4v) is 1.51. The number of hydrogen-bond acceptors (Lipinski definition) is 5. The molecule has 0 saturated heterocycles. The number of nitro groups is 1. The van der Waals surface area contributed by atoms with Crippen LogP contribution in [0.3, 0.4) is 0 Å². The Balaban J connectivity index is 2.23. The monoisotopic (exact) mass is 245 g/mol. The molecular weight excluding hydrogens is 234 g/mol. The lowest BCUT2D eigenvalue weighted by molar-refractivity contribution is -0.383. The van der Waals surface area contributed by atoms with E-state index in [1.54, 1.807) is 19.1 Å². The van der Waals surface area contributed by atoms with E-state index in [0.717, 1.165) is 0 Å². The minimum absolute atomic E-state index is 0.0577. The molecule has 2 rings (SSSR count). The van der Waals surface area contributed by atoms with Crippen LogP contribution in [0.4, 0.5) is 11.7 Å². The van der Waals surface area contributed by atoms with Gasteiger partial charge in [0.25, 0.3) is 11.7 Å². The molecule has 0 amide bonds. The number of rotatable bonds is 4. The number of aromatic nitrogens is 1. The van der Waals surface area contributed by atoms with Crippen LogP contribution >= 0.6 is 0 Å². The first-order valence-corrected chi connectivity index (χ1v) is 5.40. The lowest BCUT2D eigenvalue weighted by Crippen LogP contribution is -2.00. The SMILES string of the molecule is CC#CCCNc1nc2c([N+](=O)[O-])cccc2o1. The van der Waals surface area contributed by atoms with Crippen molar-refractivity contribution in [3.8, 4) is 11.8 Å². The van der Waals surface area contributed by atoms with Crippen molar-refractivity contribution < 1.29 is 9.34 Å². The number of non-ortho nitro benzene ring substituents is 1. The molecule has 0 bridgehead atoms. The molecule has 0 unspecified atom stereocenters. The summed E-state index contributed by atoms with van der Waals surface area (Å²) in [6.07, 6.45) is 0.664. The first-order chi connectivity index (χ1) is 8.72. The third-order valence-corrected chi connectivity index (χ3v) is 2.30. The first kappa shape index (κ1) is 11.9. The van der Waals surface area contributed by atoms with Crippen LogP contribution in [0, 0.1) is 22.0 Å². The molecule has 1 aromatic heterocycles. The van der Waals surface area contributed by atoms with Crippen LogP contribution in [0.2, 0.25) is 0 Å². The summed E-state index contributed by atoms with van der Waals surface area (Å²) in [4.78, 5) is 14.4. The summed E-state index contributed by atoms with van der Waals surface area (Å²) < 4.78 is 5.36. The van der Waals surface area contributed by atoms with E-state index >= 15 is 0 Å². The maximum Gasteiger partial charge on any atom is 0.298 e. The number of fused-ring (bicyclic) bond motifs is 1. The average Bonchev–Trinajstić information content (AvgIpc) is 2.76. The van der Waals surface area contributed by atoms with Gasteiger partial charge in [0.05, 0.1) is 4.92 Å². The number of oxazole rings is 1. The number of nitrogens with zero attached hydrogens (tertiary/aromatic N) is 2. The zero-order valence-electron chi connectivity index (χ0n) is 9.77. The van der Waals surface area contributed by atoms with E-state index in [2.05, 4.69) is 22.1 Å². The first-order valence-electron chi connectivity index (χ1n) is 5.40. The maximum absolute atomic E-state index is 10.8. The van der Waals surface area contributed by atoms with Crippen LogP contribution in [-0.2, 0) is 0 Å². The van der Waals surface area contributed by atoms with E-state index in [-0.39, 0.29) is 17.2 Å². The average molecular weight is 245 g/mol. The number of para-hydroxylation sites is 1. The van der Waals surface area contributed by atoms with Gasteiger partial charge in [0.1, 0.15) is 0 Å². The van der Waals surface area contributed by atoms with Gasteiger partial charge >= 0.3 is 0 Å². The molecule has 0 spiro atoms. The van der Waals surface area contributed by atoms with Crippen LogP contribution in [0.25, 0.3) is 11.1 Å². The second-order valence-corrected chi connectivity index (χ2v) is 3.50. The molecule has 0 atom stereocenters. The number of anilines is 1. The highest BCUT2D eigenvalue weighted by atomic mass is 16.6. The summed E-state index contributed by atoms with van der Waals surface area (Å²) in [5, 5.41) is 13.7. The van der Waals surface area contributed by atoms with Gasteiger partial charge in [-0.3, -0.25) is 10.1 Å². The molecule has 0 aliphatic heterocycles. The van der Waals surface area contributed by atoms with Crippen molar-refractivity contribution in [1.82, 2.24) is 4.98 Å². The van der Waals surface area contributed by atoms with Gasteiger partial charge in [-0.15, -0.1) is 11.8 Å². The number of nitrogens with one attached hydrogen (secondary N) is 1. The molecule has 1 N–H and O–H groups in total. The third-order valence-electron chi connectivity index (χ3n) is 2.30. The Morgan fingerprint density at radius 3 is 3.11 bits per heavy atom. The minimum atomic E-state index is -0.475. The smallest absolute Gasteiger partial charge is 0.298 e. The number of hydrogen-bond donors (Lipinski definition) is 1. The summed E-state index contributed by atoms with van der Waals surface area (Å²) in [7, 11) is 0. The second-order valence-electron chi connectivity index (χ2n) is 3.50. The van der Waals surface area contributed by atoms with Crippen LogP contribution in [0.5, 0.6) is 0 Å². The fraction of sp³-hybridized carbons (Fsp3) is 0.250. The summed E-state index contributed by atoms with van der Waals surface area (Å²) in [6.45, 7) is 2.35. The third kappa shape index (κ3) is 2.40. The van der Waals surface area contributed by atoms with Gasteiger partial charge in [-0.05, 0) is 13.0 Å². The summed E-state index contributed by atoms with van der Waals surface area (Å²) in [5.41, 5.74) is 0.595. The highest BCUT2D eigenvalue weighted by molar-refractivity contribution is 5.83. The molecule has 0 saturated carbocycles. The molecule has 1 heterocycles. The molecule has 1 aromatic carbocycles. The van der Waals surface area contributed by atoms with Crippen LogP contribution in [-0.4, -0.2) is 16.5 Å². The Bertz CT molecular complexity index is 637. The second kappa shape index (κ2) is 5.19. The Kier molecular flexibility index (Phi) is 3.44. The van der Waals surface area contributed by atoms with Gasteiger partial charge in [0.2, 0.25) is 0 Å². The Labute approximate surface area is 103 Å². The van der Waals surface area contributed by atoms with Crippen LogP contribution in [0.15, 0.2) is 22.6 Å². The zero-order chi connectivity index (χ0) is 13.0. The molecule has 18 heavy (non-hydrogen) atoms. The van der Waals surface area contributed by atoms with Gasteiger partial charge in [-0.1, -0.05) is 6.07 Å². The van der Waals surface area contributed by atoms with E-state index in [9.17, 15) is 10.1 Å². The predicted octanol–water partition coefficient (Wildman–Crippen LogP) is 2.56. The lowest BCUT2D eigenvalue weighted by Gasteiger charge is -1.94. The number of benzene rings is 1. The normalized spacial score (nSPS) is 9.83. The van der Waals surface area contributed by atoms with Crippen LogP contribution in [0.1, 0.15) is 13.3 Å². The van der Waals surface area contributed by atoms with Crippen molar-refractivity contribution in [2.75, 3.05) is 11.9 Å². The topological polar surface area (TPSA) is 81.2 Å². The van der Waals surface area contributed by atoms with Crippen molar-refractivity contribution in [3.05, 3.63) is 28.3 Å². The molecule has 92 valence electrons. The molecular formula is C12H11N3O3. The van der Waals surface area contributed by atoms with E-state index in [1.807, 2.05) is 0 Å². The zero-order valence-corrected chi connectivity index (χ0v) is 9.77. The highest BCUT2D eigenvalue weighted by Crippen LogP contribution is 2.27. The molecule has 0 radical (unpaired) electrons. The molecule has 2 aromatic rings. The largest absolute Gasteiger partial charge is 0.423 e. The Morgan fingerprint density at radius 2 is 2.39 bits per heavy atom. The lowest BCUT2D eigenvalue weighted by atomic mass is 10.3. The quantitative estimate of drug-likeness (QED) is 0.387. The molecule has 6 heteroatoms. The predicted molar refractivity (Wildman–Crippen MR) is 67.2 cm³/mol. The summed E-state index contributed by atoms with van der Waals surface area (Å²) in [5.74, 6) is 5.67. The van der Waals surface area contributed by atoms with Gasteiger partial charge in [0.15, 0.2) is 11.1 Å². The van der Waals surface area contributed by atoms with E-state index in [4.69, 9.17) is 4.42 Å². The van der Waals surface area contributed by atoms with Crippen molar-refractivity contribution in [3.63, 3.8) is 0 Å². The molecule has 0 fully saturated rings. The standard InChI is InChI=1S/C12H11N3O3/c1-2-3-4-8-13-12-14-11-9(15(16)17)6-5-7-10(11)18-12/h5-7H,4,8H2,1H3,(H,13,14). The molecule has 6 nitrogen and oxygen atoms in total. The van der Waals surface area contributed by atoms with E-state index in [1.165, 1.54) is 6.07 Å². The molecule has 0 aliphatic carbocycles. The van der Waals surface area contributed by atoms with Gasteiger partial charge < -0.3 is 9.73 Å². The molecule has 0 aliphatic rings. The van der Waals surface area contributed by atoms with Crippen molar-refractivity contribution in [2.24, 2.45) is 0 Å². The fourth-order valence-electron chi connectivity index (χ4n) is 1.51. The summed E-state index contributed by atoms with van der Waals surface area (Å²) in [6, 6.07) is 4.89. The van der Waals surface area contributed by atoms with E-state index < -0.39 is 4.92 Å². The van der Waals surface area contributed by atoms with Gasteiger partial charge in [-0.2, -0.15) is 4.98 Å². The van der Waals surface area contributed by atoms with Crippen molar-refractivity contribution in [1.29, 1.82) is 0 Å². The van der Waals surface area contributed by atoms with Crippen LogP contribution < -0.4 is 5.32 Å². The van der Waals surface area contributed by atoms with Crippen molar-refractivity contribution >= 4 is 22.8 Å². The minimum Gasteiger partial charge on any atom is -0.423 e. The van der Waals surface area contributed by atoms with Crippen molar-refractivity contribution in [2.45, 2.75) is 13.3 Å². The number of nitro benzene ring substituents is 1. The van der Waals surface area contributed by atoms with E-state index in [0.29, 0.717) is 18.5 Å². The van der Waals surface area contributed by atoms with Gasteiger partial charge in [-0.25, -0.2) is 0 Å². The van der Waals surface area contributed by atoms with Gasteiger partial charge in [0, 0.05) is 19.0 Å². The Morgan fingerprint density at radius 1 is 1.56 bits per heavy atom. The highest BCUT2D eigenvalue weighted by Gasteiger charge is 2.16.